The average Bonchev–Trinajstić information content (AvgIpc) is 3.27. The number of amides is 1. The Balaban J connectivity index is 1.35. The summed E-state index contributed by atoms with van der Waals surface area (Å²) in [5.41, 5.74) is 2.44. The Morgan fingerprint density at radius 2 is 2.06 bits per heavy atom. The van der Waals surface area contributed by atoms with E-state index in [1.165, 1.54) is 0 Å². The molecule has 1 aromatic carbocycles. The molecule has 9 nitrogen and oxygen atoms in total. The molecule has 1 amide bonds. The zero-order valence-corrected chi connectivity index (χ0v) is 18.5. The number of H-pyrrole nitrogens is 1. The molecule has 0 bridgehead atoms. The number of benzene rings is 1. The van der Waals surface area contributed by atoms with Crippen LogP contribution in [0.3, 0.4) is 0 Å². The molecule has 9 heteroatoms. The number of likely N-dealkylation sites (tertiary alicyclic amines) is 1. The highest BCUT2D eigenvalue weighted by Crippen LogP contribution is 2.32. The van der Waals surface area contributed by atoms with Crippen LogP contribution in [0.25, 0.3) is 0 Å². The molecular weight excluding hydrogens is 420 g/mol. The van der Waals surface area contributed by atoms with Crippen LogP contribution in [0.15, 0.2) is 47.5 Å². The number of nitrogens with zero attached hydrogens (tertiary/aromatic N) is 5. The van der Waals surface area contributed by atoms with Gasteiger partial charge in [-0.3, -0.25) is 14.5 Å². The van der Waals surface area contributed by atoms with Crippen LogP contribution in [-0.4, -0.2) is 48.7 Å². The lowest BCUT2D eigenvalue weighted by Gasteiger charge is -2.28. The highest BCUT2D eigenvalue weighted by atomic mass is 16.5. The minimum atomic E-state index is -0.0803. The molecule has 0 aliphatic carbocycles. The van der Waals surface area contributed by atoms with Gasteiger partial charge in [0, 0.05) is 38.0 Å². The number of fused-ring (bicyclic) bond motifs is 1. The van der Waals surface area contributed by atoms with E-state index in [0.717, 1.165) is 30.6 Å². The fourth-order valence-electron chi connectivity index (χ4n) is 4.60. The first-order chi connectivity index (χ1) is 16.1. The molecule has 0 saturated carbocycles. The first-order valence-corrected chi connectivity index (χ1v) is 11.2. The van der Waals surface area contributed by atoms with Crippen molar-refractivity contribution in [3.63, 3.8) is 0 Å². The van der Waals surface area contributed by atoms with Gasteiger partial charge < -0.3 is 14.6 Å². The lowest BCUT2D eigenvalue weighted by molar-refractivity contribution is -0.129. The van der Waals surface area contributed by atoms with Crippen molar-refractivity contribution in [2.75, 3.05) is 13.1 Å². The van der Waals surface area contributed by atoms with Gasteiger partial charge in [-0.25, -0.2) is 15.0 Å². The lowest BCUT2D eigenvalue weighted by atomic mass is 10.1. The van der Waals surface area contributed by atoms with Crippen LogP contribution in [-0.2, 0) is 24.3 Å². The molecular formula is C24H26N6O3. The molecule has 0 radical (unpaired) electrons. The van der Waals surface area contributed by atoms with Crippen molar-refractivity contribution >= 4 is 5.91 Å². The van der Waals surface area contributed by atoms with E-state index in [4.69, 9.17) is 9.72 Å². The second kappa shape index (κ2) is 9.11. The van der Waals surface area contributed by atoms with Crippen molar-refractivity contribution in [3.05, 3.63) is 75.7 Å². The summed E-state index contributed by atoms with van der Waals surface area (Å²) in [5, 5.41) is 0. The topological polar surface area (TPSA) is 104 Å². The lowest BCUT2D eigenvalue weighted by Crippen LogP contribution is -2.39. The molecule has 2 aliphatic rings. The Hall–Kier alpha value is -3.59. The Morgan fingerprint density at radius 1 is 1.21 bits per heavy atom. The zero-order valence-electron chi connectivity index (χ0n) is 18.5. The van der Waals surface area contributed by atoms with E-state index < -0.39 is 0 Å². The number of carbonyl (C=O) groups excluding carboxylic acids is 1. The smallest absolute Gasteiger partial charge is 0.321 e. The minimum Gasteiger partial charge on any atom is -0.424 e. The molecule has 33 heavy (non-hydrogen) atoms. The van der Waals surface area contributed by atoms with E-state index in [2.05, 4.69) is 25.9 Å². The maximum atomic E-state index is 12.8. The van der Waals surface area contributed by atoms with Gasteiger partial charge in [0.05, 0.1) is 18.3 Å². The summed E-state index contributed by atoms with van der Waals surface area (Å²) in [4.78, 5) is 44.7. The van der Waals surface area contributed by atoms with Gasteiger partial charge in [-0.05, 0) is 49.6 Å². The summed E-state index contributed by atoms with van der Waals surface area (Å²) in [6, 6.07) is 9.95. The third-order valence-corrected chi connectivity index (χ3v) is 6.25. The Labute approximate surface area is 191 Å². The maximum Gasteiger partial charge on any atom is 0.321 e. The third-order valence-electron chi connectivity index (χ3n) is 6.25. The SMILES string of the molecule is CC(=O)N1CCc2c(nc([C@H]3CCCN3Cc3cccc(Oc4ncccn4)c3)[nH]c2=O)C1. The quantitative estimate of drug-likeness (QED) is 0.642. The maximum absolute atomic E-state index is 12.8. The highest BCUT2D eigenvalue weighted by molar-refractivity contribution is 5.73. The minimum absolute atomic E-state index is 0.00905. The van der Waals surface area contributed by atoms with Crippen LogP contribution in [0.1, 0.15) is 48.5 Å². The summed E-state index contributed by atoms with van der Waals surface area (Å²) in [6.07, 6.45) is 5.78. The molecule has 3 aromatic rings. The Morgan fingerprint density at radius 3 is 2.88 bits per heavy atom. The van der Waals surface area contributed by atoms with Crippen molar-refractivity contribution in [2.24, 2.45) is 0 Å². The van der Waals surface area contributed by atoms with Crippen molar-refractivity contribution in [2.45, 2.75) is 45.3 Å². The van der Waals surface area contributed by atoms with Crippen molar-refractivity contribution in [1.29, 1.82) is 0 Å². The highest BCUT2D eigenvalue weighted by Gasteiger charge is 2.30. The number of nitrogens with one attached hydrogen (secondary N) is 1. The van der Waals surface area contributed by atoms with Gasteiger partial charge in [0.2, 0.25) is 5.91 Å². The van der Waals surface area contributed by atoms with E-state index in [1.54, 1.807) is 30.3 Å². The second-order valence-corrected chi connectivity index (χ2v) is 8.48. The summed E-state index contributed by atoms with van der Waals surface area (Å²) in [6.45, 7) is 4.14. The normalized spacial score (nSPS) is 18.2. The monoisotopic (exact) mass is 446 g/mol. The average molecular weight is 447 g/mol. The fraction of sp³-hybridized carbons (Fsp3) is 0.375. The van der Waals surface area contributed by atoms with Gasteiger partial charge in [-0.1, -0.05) is 12.1 Å². The predicted molar refractivity (Wildman–Crippen MR) is 121 cm³/mol. The fourth-order valence-corrected chi connectivity index (χ4v) is 4.60. The van der Waals surface area contributed by atoms with E-state index in [9.17, 15) is 9.59 Å². The molecule has 0 unspecified atom stereocenters. The number of ether oxygens (including phenoxy) is 1. The van der Waals surface area contributed by atoms with E-state index in [-0.39, 0.29) is 17.5 Å². The van der Waals surface area contributed by atoms with Crippen LogP contribution in [0.5, 0.6) is 11.8 Å². The first-order valence-electron chi connectivity index (χ1n) is 11.2. The van der Waals surface area contributed by atoms with E-state index >= 15 is 0 Å². The second-order valence-electron chi connectivity index (χ2n) is 8.48. The van der Waals surface area contributed by atoms with Crippen LogP contribution in [0, 0.1) is 0 Å². The van der Waals surface area contributed by atoms with E-state index in [1.807, 2.05) is 18.2 Å². The third kappa shape index (κ3) is 4.63. The van der Waals surface area contributed by atoms with E-state index in [0.29, 0.717) is 49.2 Å². The van der Waals surface area contributed by atoms with Gasteiger partial charge in [0.1, 0.15) is 11.6 Å². The van der Waals surface area contributed by atoms with Crippen LogP contribution in [0.4, 0.5) is 0 Å². The molecule has 1 atom stereocenters. The summed E-state index contributed by atoms with van der Waals surface area (Å²) >= 11 is 0. The number of rotatable bonds is 5. The van der Waals surface area contributed by atoms with Gasteiger partial charge in [0.15, 0.2) is 0 Å². The molecule has 1 N–H and O–H groups in total. The number of aromatic amines is 1. The van der Waals surface area contributed by atoms with Crippen LogP contribution >= 0.6 is 0 Å². The van der Waals surface area contributed by atoms with Crippen LogP contribution < -0.4 is 10.3 Å². The molecule has 5 rings (SSSR count). The van der Waals surface area contributed by atoms with Crippen molar-refractivity contribution < 1.29 is 9.53 Å². The number of aromatic nitrogens is 4. The Bertz CT molecular complexity index is 1210. The van der Waals surface area contributed by atoms with Gasteiger partial charge in [0.25, 0.3) is 5.56 Å². The number of hydrogen-bond acceptors (Lipinski definition) is 7. The first kappa shape index (κ1) is 21.3. The zero-order chi connectivity index (χ0) is 22.8. The van der Waals surface area contributed by atoms with Gasteiger partial charge in [-0.2, -0.15) is 0 Å². The number of carbonyl (C=O) groups is 1. The van der Waals surface area contributed by atoms with Crippen molar-refractivity contribution in [3.8, 4) is 11.8 Å². The molecule has 1 fully saturated rings. The van der Waals surface area contributed by atoms with Gasteiger partial charge in [-0.15, -0.1) is 0 Å². The molecule has 170 valence electrons. The summed E-state index contributed by atoms with van der Waals surface area (Å²) in [5.74, 6) is 1.38. The molecule has 1 saturated heterocycles. The summed E-state index contributed by atoms with van der Waals surface area (Å²) in [7, 11) is 0. The van der Waals surface area contributed by atoms with Crippen LogP contribution in [0.2, 0.25) is 0 Å². The largest absolute Gasteiger partial charge is 0.424 e. The molecule has 4 heterocycles. The number of hydrogen-bond donors (Lipinski definition) is 1. The van der Waals surface area contributed by atoms with Crippen molar-refractivity contribution in [1.82, 2.24) is 29.7 Å². The summed E-state index contributed by atoms with van der Waals surface area (Å²) < 4.78 is 5.77. The molecule has 2 aliphatic heterocycles. The Kier molecular flexibility index (Phi) is 5.87. The molecule has 2 aromatic heterocycles. The van der Waals surface area contributed by atoms with Gasteiger partial charge >= 0.3 is 6.01 Å². The molecule has 0 spiro atoms. The standard InChI is InChI=1S/C24H26N6O3/c1-16(31)29-12-8-19-20(15-29)27-22(28-23(19)32)21-7-3-11-30(21)14-17-5-2-6-18(13-17)33-24-25-9-4-10-26-24/h2,4-6,9-10,13,21H,3,7-8,11-12,14-15H2,1H3,(H,27,28,32)/t21-/m1/s1. The predicted octanol–water partition coefficient (Wildman–Crippen LogP) is 2.59.